The molecule has 2 aliphatic rings. The molecule has 1 unspecified atom stereocenters. The van der Waals surface area contributed by atoms with E-state index in [1.54, 1.807) is 6.07 Å². The molecule has 2 fully saturated rings. The highest BCUT2D eigenvalue weighted by molar-refractivity contribution is 6.22. The number of anilines is 2. The van der Waals surface area contributed by atoms with E-state index in [2.05, 4.69) is 0 Å². The predicted octanol–water partition coefficient (Wildman–Crippen LogP) is 2.36. The van der Waals surface area contributed by atoms with E-state index in [0.29, 0.717) is 37.6 Å². The Balaban J connectivity index is 1.45. The van der Waals surface area contributed by atoms with Crippen LogP contribution in [0.4, 0.5) is 24.5 Å². The van der Waals surface area contributed by atoms with Crippen LogP contribution in [0.15, 0.2) is 42.5 Å². The molecule has 8 heteroatoms. The van der Waals surface area contributed by atoms with E-state index in [1.807, 2.05) is 36.9 Å². The van der Waals surface area contributed by atoms with Crippen molar-refractivity contribution in [3.63, 3.8) is 0 Å². The third-order valence-electron chi connectivity index (χ3n) is 6.18. The number of hydrogen-bond acceptors (Lipinski definition) is 3. The molecule has 2 amide bonds. The first-order valence-corrected chi connectivity index (χ1v) is 10.4. The Bertz CT molecular complexity index is 1010. The van der Waals surface area contributed by atoms with E-state index in [4.69, 9.17) is 0 Å². The van der Waals surface area contributed by atoms with Crippen LogP contribution in [0.25, 0.3) is 0 Å². The number of quaternary nitrogens is 1. The zero-order valence-corrected chi connectivity index (χ0v) is 17.5. The van der Waals surface area contributed by atoms with Crippen LogP contribution in [0.1, 0.15) is 23.1 Å². The highest BCUT2D eigenvalue weighted by Gasteiger charge is 2.46. The number of alkyl halides is 3. The SMILES string of the molecule is Cc1ccc(N2C(=O)CC([NH+]3CCN(c4cccc(C(F)(F)F)c4)CC3)C2=O)c(C)c1. The van der Waals surface area contributed by atoms with E-state index in [9.17, 15) is 22.8 Å². The summed E-state index contributed by atoms with van der Waals surface area (Å²) in [6.07, 6.45) is -4.22. The van der Waals surface area contributed by atoms with Crippen LogP contribution >= 0.6 is 0 Å². The van der Waals surface area contributed by atoms with Gasteiger partial charge in [-0.2, -0.15) is 13.2 Å². The molecule has 0 saturated carbocycles. The van der Waals surface area contributed by atoms with Gasteiger partial charge in [0.15, 0.2) is 6.04 Å². The molecule has 2 aromatic rings. The van der Waals surface area contributed by atoms with Gasteiger partial charge in [0, 0.05) is 5.69 Å². The lowest BCUT2D eigenvalue weighted by molar-refractivity contribution is -0.915. The number of nitrogens with one attached hydrogen (secondary N) is 1. The average molecular weight is 432 g/mol. The molecule has 1 atom stereocenters. The minimum Gasteiger partial charge on any atom is -0.360 e. The van der Waals surface area contributed by atoms with Gasteiger partial charge in [-0.25, -0.2) is 4.90 Å². The van der Waals surface area contributed by atoms with Gasteiger partial charge in [0.2, 0.25) is 5.91 Å². The Labute approximate surface area is 179 Å². The summed E-state index contributed by atoms with van der Waals surface area (Å²) in [6.45, 7) is 6.07. The number of carbonyl (C=O) groups is 2. The van der Waals surface area contributed by atoms with Crippen molar-refractivity contribution in [2.45, 2.75) is 32.5 Å². The molecule has 31 heavy (non-hydrogen) atoms. The maximum atomic E-state index is 13.1. The van der Waals surface area contributed by atoms with Crippen molar-refractivity contribution in [1.82, 2.24) is 0 Å². The van der Waals surface area contributed by atoms with E-state index in [-0.39, 0.29) is 18.2 Å². The van der Waals surface area contributed by atoms with E-state index in [1.165, 1.54) is 11.0 Å². The first kappa shape index (κ1) is 21.4. The van der Waals surface area contributed by atoms with Crippen LogP contribution in [0, 0.1) is 13.8 Å². The first-order valence-electron chi connectivity index (χ1n) is 10.4. The Hall–Kier alpha value is -2.87. The predicted molar refractivity (Wildman–Crippen MR) is 111 cm³/mol. The third-order valence-corrected chi connectivity index (χ3v) is 6.18. The number of nitrogens with zero attached hydrogens (tertiary/aromatic N) is 2. The van der Waals surface area contributed by atoms with Crippen molar-refractivity contribution < 1.29 is 27.7 Å². The summed E-state index contributed by atoms with van der Waals surface area (Å²) in [5.74, 6) is -0.394. The molecule has 0 aliphatic carbocycles. The molecule has 2 saturated heterocycles. The second kappa shape index (κ2) is 8.00. The molecule has 1 N–H and O–H groups in total. The number of piperazine rings is 1. The fourth-order valence-corrected chi connectivity index (χ4v) is 4.54. The number of imide groups is 1. The van der Waals surface area contributed by atoms with Crippen LogP contribution in [0.2, 0.25) is 0 Å². The number of halogens is 3. The molecule has 0 radical (unpaired) electrons. The van der Waals surface area contributed by atoms with Crippen LogP contribution in [-0.4, -0.2) is 44.0 Å². The normalized spacial score (nSPS) is 20.6. The fraction of sp³-hybridized carbons (Fsp3) is 0.391. The summed E-state index contributed by atoms with van der Waals surface area (Å²) < 4.78 is 39.0. The number of amides is 2. The van der Waals surface area contributed by atoms with E-state index < -0.39 is 17.8 Å². The van der Waals surface area contributed by atoms with Gasteiger partial charge < -0.3 is 9.80 Å². The Morgan fingerprint density at radius 3 is 2.35 bits per heavy atom. The summed E-state index contributed by atoms with van der Waals surface area (Å²) in [5, 5.41) is 0. The van der Waals surface area contributed by atoms with Crippen LogP contribution in [0.3, 0.4) is 0 Å². The van der Waals surface area contributed by atoms with Crippen molar-refractivity contribution in [2.24, 2.45) is 0 Å². The van der Waals surface area contributed by atoms with Gasteiger partial charge in [-0.05, 0) is 43.7 Å². The standard InChI is InChI=1S/C23H24F3N3O2/c1-15-6-7-19(16(2)12-15)29-21(30)14-20(22(29)31)28-10-8-27(9-11-28)18-5-3-4-17(13-18)23(24,25)26/h3-7,12-13,20H,8-11,14H2,1-2H3/p+1. The zero-order chi connectivity index (χ0) is 22.3. The highest BCUT2D eigenvalue weighted by atomic mass is 19.4. The van der Waals surface area contributed by atoms with Gasteiger partial charge in [-0.1, -0.05) is 23.8 Å². The van der Waals surface area contributed by atoms with Gasteiger partial charge in [0.1, 0.15) is 0 Å². The second-order valence-corrected chi connectivity index (χ2v) is 8.31. The monoisotopic (exact) mass is 432 g/mol. The molecule has 0 spiro atoms. The molecule has 2 aliphatic heterocycles. The van der Waals surface area contributed by atoms with E-state index in [0.717, 1.165) is 28.2 Å². The van der Waals surface area contributed by atoms with Crippen molar-refractivity contribution in [1.29, 1.82) is 0 Å². The van der Waals surface area contributed by atoms with E-state index >= 15 is 0 Å². The molecule has 5 nitrogen and oxygen atoms in total. The molecular weight excluding hydrogens is 407 g/mol. The van der Waals surface area contributed by atoms with Gasteiger partial charge >= 0.3 is 6.18 Å². The lowest BCUT2D eigenvalue weighted by atomic mass is 10.1. The smallest absolute Gasteiger partial charge is 0.360 e. The fourth-order valence-electron chi connectivity index (χ4n) is 4.54. The van der Waals surface area contributed by atoms with Crippen molar-refractivity contribution in [2.75, 3.05) is 36.0 Å². The van der Waals surface area contributed by atoms with Gasteiger partial charge in [0.25, 0.3) is 5.91 Å². The molecular formula is C23H25F3N3O2+. The van der Waals surface area contributed by atoms with Crippen molar-refractivity contribution in [3.05, 3.63) is 59.2 Å². The maximum absolute atomic E-state index is 13.1. The highest BCUT2D eigenvalue weighted by Crippen LogP contribution is 2.32. The maximum Gasteiger partial charge on any atom is 0.416 e. The Morgan fingerprint density at radius 2 is 1.71 bits per heavy atom. The molecule has 0 bridgehead atoms. The minimum absolute atomic E-state index is 0.158. The van der Waals surface area contributed by atoms with Crippen molar-refractivity contribution in [3.8, 4) is 0 Å². The summed E-state index contributed by atoms with van der Waals surface area (Å²) in [5.41, 5.74) is 2.44. The van der Waals surface area contributed by atoms with Crippen LogP contribution in [0.5, 0.6) is 0 Å². The zero-order valence-electron chi connectivity index (χ0n) is 17.5. The number of rotatable bonds is 3. The molecule has 0 aromatic heterocycles. The summed E-state index contributed by atoms with van der Waals surface area (Å²) in [7, 11) is 0. The number of benzene rings is 2. The van der Waals surface area contributed by atoms with Crippen LogP contribution < -0.4 is 14.7 Å². The quantitative estimate of drug-likeness (QED) is 0.758. The number of hydrogen-bond donors (Lipinski definition) is 1. The largest absolute Gasteiger partial charge is 0.416 e. The lowest BCUT2D eigenvalue weighted by Crippen LogP contribution is -3.19. The summed E-state index contributed by atoms with van der Waals surface area (Å²) in [6, 6.07) is 10.5. The van der Waals surface area contributed by atoms with Crippen LogP contribution in [-0.2, 0) is 15.8 Å². The molecule has 4 rings (SSSR count). The number of carbonyl (C=O) groups excluding carboxylic acids is 2. The van der Waals surface area contributed by atoms with Crippen molar-refractivity contribution >= 4 is 23.2 Å². The average Bonchev–Trinajstić information content (AvgIpc) is 3.02. The molecule has 164 valence electrons. The molecule has 2 aromatic carbocycles. The second-order valence-electron chi connectivity index (χ2n) is 8.31. The Kier molecular flexibility index (Phi) is 5.51. The Morgan fingerprint density at radius 1 is 1.00 bits per heavy atom. The van der Waals surface area contributed by atoms with Gasteiger partial charge in [-0.15, -0.1) is 0 Å². The number of aryl methyl sites for hydroxylation is 2. The summed E-state index contributed by atoms with van der Waals surface area (Å²) in [4.78, 5) is 30.0. The summed E-state index contributed by atoms with van der Waals surface area (Å²) >= 11 is 0. The minimum atomic E-state index is -4.38. The third kappa shape index (κ3) is 4.17. The molecule has 2 heterocycles. The first-order chi connectivity index (χ1) is 14.6. The van der Waals surface area contributed by atoms with Gasteiger partial charge in [-0.3, -0.25) is 9.59 Å². The lowest BCUT2D eigenvalue weighted by Gasteiger charge is -2.35. The van der Waals surface area contributed by atoms with Gasteiger partial charge in [0.05, 0.1) is 43.9 Å². The topological polar surface area (TPSA) is 45.1 Å².